The summed E-state index contributed by atoms with van der Waals surface area (Å²) in [7, 11) is 0. The van der Waals surface area contributed by atoms with E-state index in [1.807, 2.05) is 19.1 Å². The Balaban J connectivity index is 2.09. The summed E-state index contributed by atoms with van der Waals surface area (Å²) in [5, 5.41) is 0.620. The molecule has 2 aliphatic carbocycles. The molecule has 3 nitrogen and oxygen atoms in total. The zero-order chi connectivity index (χ0) is 13.5. The van der Waals surface area contributed by atoms with Crippen molar-refractivity contribution in [3.63, 3.8) is 0 Å². The number of hydrogen-bond acceptors (Lipinski definition) is 3. The molecule has 3 rings (SSSR count). The molecule has 0 unspecified atom stereocenters. The lowest BCUT2D eigenvalue weighted by atomic mass is 9.71. The molecule has 0 amide bonds. The van der Waals surface area contributed by atoms with Gasteiger partial charge in [0.25, 0.3) is 0 Å². The average Bonchev–Trinajstić information content (AvgIpc) is 3.11. The van der Waals surface area contributed by atoms with Crippen molar-refractivity contribution in [2.45, 2.75) is 50.7 Å². The molecule has 1 aromatic carbocycles. The second-order valence-corrected chi connectivity index (χ2v) is 5.94. The van der Waals surface area contributed by atoms with E-state index in [-0.39, 0.29) is 6.10 Å². The number of hydrogen-bond donors (Lipinski definition) is 0. The predicted molar refractivity (Wildman–Crippen MR) is 73.5 cm³/mol. The van der Waals surface area contributed by atoms with Gasteiger partial charge in [0.15, 0.2) is 0 Å². The second-order valence-electron chi connectivity index (χ2n) is 5.53. The number of isocyanates is 1. The van der Waals surface area contributed by atoms with Gasteiger partial charge in [-0.25, -0.2) is 4.79 Å². The highest BCUT2D eigenvalue weighted by atomic mass is 35.5. The summed E-state index contributed by atoms with van der Waals surface area (Å²) in [5.74, 6) is 0.716. The summed E-state index contributed by atoms with van der Waals surface area (Å²) in [4.78, 5) is 14.8. The molecule has 0 bridgehead atoms. The second kappa shape index (κ2) is 4.66. The molecular formula is C15H16ClNO2. The Morgan fingerprint density at radius 2 is 2.16 bits per heavy atom. The first-order chi connectivity index (χ1) is 9.14. The Kier molecular flexibility index (Phi) is 3.12. The van der Waals surface area contributed by atoms with Crippen LogP contribution < -0.4 is 4.74 Å². The van der Waals surface area contributed by atoms with E-state index in [1.54, 1.807) is 6.08 Å². The maximum Gasteiger partial charge on any atom is 0.235 e. The van der Waals surface area contributed by atoms with E-state index in [4.69, 9.17) is 16.3 Å². The van der Waals surface area contributed by atoms with Crippen LogP contribution in [0.3, 0.4) is 0 Å². The molecule has 100 valence electrons. The Hall–Kier alpha value is -1.31. The lowest BCUT2D eigenvalue weighted by molar-refractivity contribution is 0.233. The monoisotopic (exact) mass is 277 g/mol. The van der Waals surface area contributed by atoms with Gasteiger partial charge in [-0.15, -0.1) is 0 Å². The van der Waals surface area contributed by atoms with Crippen LogP contribution in [0.1, 0.15) is 43.2 Å². The molecule has 0 aromatic heterocycles. The van der Waals surface area contributed by atoms with Gasteiger partial charge >= 0.3 is 0 Å². The third-order valence-corrected chi connectivity index (χ3v) is 4.22. The summed E-state index contributed by atoms with van der Waals surface area (Å²) < 4.78 is 5.95. The van der Waals surface area contributed by atoms with Crippen molar-refractivity contribution in [2.24, 2.45) is 4.99 Å². The highest BCUT2D eigenvalue weighted by Gasteiger charge is 2.42. The van der Waals surface area contributed by atoms with Gasteiger partial charge in [-0.1, -0.05) is 11.6 Å². The normalized spacial score (nSPS) is 20.3. The molecule has 2 fully saturated rings. The number of ether oxygens (including phenoxy) is 1. The van der Waals surface area contributed by atoms with Gasteiger partial charge in [0, 0.05) is 5.56 Å². The zero-order valence-electron chi connectivity index (χ0n) is 10.9. The van der Waals surface area contributed by atoms with Crippen LogP contribution in [-0.4, -0.2) is 12.2 Å². The summed E-state index contributed by atoms with van der Waals surface area (Å²) >= 11 is 6.33. The number of nitrogens with zero attached hydrogens (tertiary/aromatic N) is 1. The van der Waals surface area contributed by atoms with Gasteiger partial charge in [0.05, 0.1) is 11.1 Å². The predicted octanol–water partition coefficient (Wildman–Crippen LogP) is 3.90. The third kappa shape index (κ3) is 2.29. The van der Waals surface area contributed by atoms with Crippen molar-refractivity contribution in [3.8, 4) is 5.75 Å². The van der Waals surface area contributed by atoms with E-state index < -0.39 is 5.54 Å². The van der Waals surface area contributed by atoms with E-state index in [1.165, 1.54) is 0 Å². The minimum absolute atomic E-state index is 0.274. The summed E-state index contributed by atoms with van der Waals surface area (Å²) in [6, 6.07) is 3.95. The SMILES string of the molecule is Cc1cc(Cl)c(OC2CC2)c(C2(N=C=O)CCC2)c1. The third-order valence-electron chi connectivity index (χ3n) is 3.94. The van der Waals surface area contributed by atoms with E-state index in [9.17, 15) is 4.79 Å². The topological polar surface area (TPSA) is 38.7 Å². The highest BCUT2D eigenvalue weighted by molar-refractivity contribution is 6.32. The number of halogens is 1. The van der Waals surface area contributed by atoms with E-state index in [0.717, 1.165) is 43.2 Å². The van der Waals surface area contributed by atoms with Crippen molar-refractivity contribution < 1.29 is 9.53 Å². The lowest BCUT2D eigenvalue weighted by Crippen LogP contribution is -2.32. The van der Waals surface area contributed by atoms with Crippen LogP contribution in [0.25, 0.3) is 0 Å². The van der Waals surface area contributed by atoms with Crippen molar-refractivity contribution in [2.75, 3.05) is 0 Å². The van der Waals surface area contributed by atoms with Crippen LogP contribution in [0.2, 0.25) is 5.02 Å². The quantitative estimate of drug-likeness (QED) is 0.618. The van der Waals surface area contributed by atoms with Crippen molar-refractivity contribution >= 4 is 17.7 Å². The van der Waals surface area contributed by atoms with Gasteiger partial charge in [-0.2, -0.15) is 4.99 Å². The molecule has 0 spiro atoms. The number of benzene rings is 1. The van der Waals surface area contributed by atoms with Crippen LogP contribution >= 0.6 is 11.6 Å². The molecule has 4 heteroatoms. The molecule has 0 heterocycles. The fourth-order valence-electron chi connectivity index (χ4n) is 2.59. The van der Waals surface area contributed by atoms with Crippen LogP contribution in [0, 0.1) is 6.92 Å². The Morgan fingerprint density at radius 3 is 2.68 bits per heavy atom. The first-order valence-electron chi connectivity index (χ1n) is 6.71. The fraction of sp³-hybridized carbons (Fsp3) is 0.533. The number of aliphatic imine (C=N–C) groups is 1. The summed E-state index contributed by atoms with van der Waals surface area (Å²) in [6.45, 7) is 1.99. The van der Waals surface area contributed by atoms with Gasteiger partial charge in [-0.05, 0) is 56.7 Å². The zero-order valence-corrected chi connectivity index (χ0v) is 11.7. The maximum atomic E-state index is 10.7. The molecule has 2 aliphatic rings. The molecule has 2 saturated carbocycles. The molecule has 1 aromatic rings. The number of carbonyl (C=O) groups excluding carboxylic acids is 1. The minimum atomic E-state index is -0.457. The molecular weight excluding hydrogens is 262 g/mol. The van der Waals surface area contributed by atoms with E-state index >= 15 is 0 Å². The molecule has 19 heavy (non-hydrogen) atoms. The Bertz CT molecular complexity index is 556. The van der Waals surface area contributed by atoms with Crippen LogP contribution in [0.15, 0.2) is 17.1 Å². The Morgan fingerprint density at radius 1 is 1.42 bits per heavy atom. The maximum absolute atomic E-state index is 10.7. The van der Waals surface area contributed by atoms with Crippen LogP contribution in [0.4, 0.5) is 0 Å². The summed E-state index contributed by atoms with van der Waals surface area (Å²) in [5.41, 5.74) is 1.57. The number of rotatable bonds is 4. The smallest absolute Gasteiger partial charge is 0.235 e. The van der Waals surface area contributed by atoms with E-state index in [0.29, 0.717) is 10.8 Å². The minimum Gasteiger partial charge on any atom is -0.488 e. The van der Waals surface area contributed by atoms with E-state index in [2.05, 4.69) is 4.99 Å². The molecule has 0 atom stereocenters. The van der Waals surface area contributed by atoms with Crippen molar-refractivity contribution in [1.82, 2.24) is 0 Å². The lowest BCUT2D eigenvalue weighted by Gasteiger charge is -2.38. The first-order valence-corrected chi connectivity index (χ1v) is 7.09. The van der Waals surface area contributed by atoms with Gasteiger partial charge < -0.3 is 4.74 Å². The molecule has 0 radical (unpaired) electrons. The van der Waals surface area contributed by atoms with Gasteiger partial charge in [0.2, 0.25) is 6.08 Å². The highest BCUT2D eigenvalue weighted by Crippen LogP contribution is 2.51. The van der Waals surface area contributed by atoms with Gasteiger partial charge in [-0.3, -0.25) is 0 Å². The van der Waals surface area contributed by atoms with Gasteiger partial charge in [0.1, 0.15) is 11.3 Å². The molecule has 0 saturated heterocycles. The standard InChI is InChI=1S/C15H16ClNO2/c1-10-7-12(15(17-9-18)5-2-6-15)14(13(16)8-10)19-11-3-4-11/h7-8,11H,2-6H2,1H3. The van der Waals surface area contributed by atoms with Crippen molar-refractivity contribution in [1.29, 1.82) is 0 Å². The largest absolute Gasteiger partial charge is 0.488 e. The number of aryl methyl sites for hydroxylation is 1. The molecule has 0 aliphatic heterocycles. The molecule has 0 N–H and O–H groups in total. The first kappa shape index (κ1) is 12.7. The fourth-order valence-corrected chi connectivity index (χ4v) is 2.91. The average molecular weight is 278 g/mol. The summed E-state index contributed by atoms with van der Waals surface area (Å²) in [6.07, 6.45) is 6.95. The van der Waals surface area contributed by atoms with Crippen molar-refractivity contribution in [3.05, 3.63) is 28.3 Å². The Labute approximate surface area is 117 Å². The van der Waals surface area contributed by atoms with Crippen LogP contribution in [0.5, 0.6) is 5.75 Å². The van der Waals surface area contributed by atoms with Crippen LogP contribution in [-0.2, 0) is 10.3 Å².